The number of nitrogens with one attached hydrogen (secondary N) is 2. The summed E-state index contributed by atoms with van der Waals surface area (Å²) < 4.78 is 0. The van der Waals surface area contributed by atoms with Crippen LogP contribution < -0.4 is 10.6 Å². The zero-order valence-corrected chi connectivity index (χ0v) is 13.6. The molecule has 1 atom stereocenters. The summed E-state index contributed by atoms with van der Waals surface area (Å²) in [4.78, 5) is 9.04. The highest BCUT2D eigenvalue weighted by Crippen LogP contribution is 2.22. The molecule has 2 aromatic rings. The maximum absolute atomic E-state index is 5.92. The van der Waals surface area contributed by atoms with Crippen molar-refractivity contribution in [1.82, 2.24) is 9.97 Å². The van der Waals surface area contributed by atoms with Gasteiger partial charge >= 0.3 is 0 Å². The summed E-state index contributed by atoms with van der Waals surface area (Å²) in [6, 6.07) is 9.88. The second kappa shape index (κ2) is 6.76. The van der Waals surface area contributed by atoms with Gasteiger partial charge < -0.3 is 10.6 Å². The third kappa shape index (κ3) is 4.08. The van der Waals surface area contributed by atoms with Crippen LogP contribution in [0.3, 0.4) is 0 Å². The van der Waals surface area contributed by atoms with Gasteiger partial charge in [-0.1, -0.05) is 37.6 Å². The molecule has 0 saturated heterocycles. The summed E-state index contributed by atoms with van der Waals surface area (Å²) in [6.07, 6.45) is 0. The summed E-state index contributed by atoms with van der Waals surface area (Å²) in [6.45, 7) is 6.27. The molecule has 0 saturated carbocycles. The summed E-state index contributed by atoms with van der Waals surface area (Å²) in [7, 11) is 1.86. The predicted molar refractivity (Wildman–Crippen MR) is 89.2 cm³/mol. The van der Waals surface area contributed by atoms with Gasteiger partial charge in [0.1, 0.15) is 17.5 Å². The standard InChI is InChI=1S/C16H21ClN4/c1-10(2)16-20-14(18-4)9-15(21-16)19-11(3)12-5-7-13(17)8-6-12/h5-11H,1-4H3,(H2,18,19,20,21). The number of benzene rings is 1. The smallest absolute Gasteiger partial charge is 0.135 e. The number of halogens is 1. The monoisotopic (exact) mass is 304 g/mol. The van der Waals surface area contributed by atoms with Gasteiger partial charge in [-0.15, -0.1) is 0 Å². The molecule has 1 aromatic carbocycles. The fourth-order valence-corrected chi connectivity index (χ4v) is 2.11. The number of hydrogen-bond acceptors (Lipinski definition) is 4. The number of rotatable bonds is 5. The lowest BCUT2D eigenvalue weighted by atomic mass is 10.1. The van der Waals surface area contributed by atoms with Crippen LogP contribution in [0.25, 0.3) is 0 Å². The molecule has 1 unspecified atom stereocenters. The van der Waals surface area contributed by atoms with E-state index in [1.807, 2.05) is 37.4 Å². The molecule has 0 aliphatic rings. The third-order valence-electron chi connectivity index (χ3n) is 3.25. The average Bonchev–Trinajstić information content (AvgIpc) is 2.47. The van der Waals surface area contributed by atoms with E-state index in [9.17, 15) is 0 Å². The number of nitrogens with zero attached hydrogens (tertiary/aromatic N) is 2. The van der Waals surface area contributed by atoms with Crippen LogP contribution in [0.5, 0.6) is 0 Å². The summed E-state index contributed by atoms with van der Waals surface area (Å²) >= 11 is 5.92. The average molecular weight is 305 g/mol. The second-order valence-corrected chi connectivity index (χ2v) is 5.76. The minimum atomic E-state index is 0.141. The number of anilines is 2. The van der Waals surface area contributed by atoms with Gasteiger partial charge in [0, 0.05) is 30.1 Å². The van der Waals surface area contributed by atoms with Gasteiger partial charge in [0.2, 0.25) is 0 Å². The van der Waals surface area contributed by atoms with Gasteiger partial charge in [0.05, 0.1) is 0 Å². The molecule has 2 N–H and O–H groups in total. The lowest BCUT2D eigenvalue weighted by molar-refractivity contribution is 0.770. The van der Waals surface area contributed by atoms with Crippen LogP contribution in [0.15, 0.2) is 30.3 Å². The van der Waals surface area contributed by atoms with Crippen LogP contribution in [0.2, 0.25) is 5.02 Å². The molecular weight excluding hydrogens is 284 g/mol. The van der Waals surface area contributed by atoms with Crippen LogP contribution in [0, 0.1) is 0 Å². The molecule has 0 aliphatic heterocycles. The SMILES string of the molecule is CNc1cc(NC(C)c2ccc(Cl)cc2)nc(C(C)C)n1. The number of hydrogen-bond donors (Lipinski definition) is 2. The highest BCUT2D eigenvalue weighted by Gasteiger charge is 2.10. The Bertz CT molecular complexity index is 596. The molecule has 1 aromatic heterocycles. The predicted octanol–water partition coefficient (Wildman–Crippen LogP) is 4.47. The summed E-state index contributed by atoms with van der Waals surface area (Å²) in [5, 5.41) is 7.23. The Morgan fingerprint density at radius 2 is 1.62 bits per heavy atom. The van der Waals surface area contributed by atoms with E-state index in [2.05, 4.69) is 41.4 Å². The molecule has 0 radical (unpaired) electrons. The molecule has 0 spiro atoms. The van der Waals surface area contributed by atoms with Crippen molar-refractivity contribution in [1.29, 1.82) is 0 Å². The fraction of sp³-hybridized carbons (Fsp3) is 0.375. The highest BCUT2D eigenvalue weighted by molar-refractivity contribution is 6.30. The first-order valence-electron chi connectivity index (χ1n) is 7.08. The van der Waals surface area contributed by atoms with Crippen LogP contribution >= 0.6 is 11.6 Å². The largest absolute Gasteiger partial charge is 0.373 e. The molecule has 2 rings (SSSR count). The maximum Gasteiger partial charge on any atom is 0.135 e. The molecule has 5 heteroatoms. The van der Waals surface area contributed by atoms with Crippen molar-refractivity contribution in [2.45, 2.75) is 32.7 Å². The van der Waals surface area contributed by atoms with E-state index in [4.69, 9.17) is 11.6 Å². The van der Waals surface area contributed by atoms with E-state index in [0.717, 1.165) is 28.0 Å². The van der Waals surface area contributed by atoms with Gasteiger partial charge in [-0.2, -0.15) is 0 Å². The maximum atomic E-state index is 5.92. The summed E-state index contributed by atoms with van der Waals surface area (Å²) in [5.41, 5.74) is 1.16. The van der Waals surface area contributed by atoms with Crippen molar-refractivity contribution >= 4 is 23.2 Å². The van der Waals surface area contributed by atoms with E-state index in [1.165, 1.54) is 0 Å². The second-order valence-electron chi connectivity index (χ2n) is 5.32. The first kappa shape index (κ1) is 15.6. The molecule has 0 amide bonds. The molecule has 0 bridgehead atoms. The lowest BCUT2D eigenvalue weighted by Crippen LogP contribution is -2.11. The lowest BCUT2D eigenvalue weighted by Gasteiger charge is -2.17. The minimum Gasteiger partial charge on any atom is -0.373 e. The van der Waals surface area contributed by atoms with Crippen molar-refractivity contribution in [3.8, 4) is 0 Å². The fourth-order valence-electron chi connectivity index (χ4n) is 1.98. The Balaban J connectivity index is 2.21. The minimum absolute atomic E-state index is 0.141. The quantitative estimate of drug-likeness (QED) is 0.856. The Morgan fingerprint density at radius 3 is 2.19 bits per heavy atom. The highest BCUT2D eigenvalue weighted by atomic mass is 35.5. The Labute approximate surface area is 131 Å². The van der Waals surface area contributed by atoms with Gasteiger partial charge in [-0.25, -0.2) is 9.97 Å². The van der Waals surface area contributed by atoms with Crippen LogP contribution in [0.4, 0.5) is 11.6 Å². The van der Waals surface area contributed by atoms with E-state index in [-0.39, 0.29) is 12.0 Å². The molecule has 0 fully saturated rings. The van der Waals surface area contributed by atoms with E-state index < -0.39 is 0 Å². The third-order valence-corrected chi connectivity index (χ3v) is 3.50. The zero-order chi connectivity index (χ0) is 15.4. The Morgan fingerprint density at radius 1 is 1.00 bits per heavy atom. The molecular formula is C16H21ClN4. The normalized spacial score (nSPS) is 12.3. The molecule has 21 heavy (non-hydrogen) atoms. The topological polar surface area (TPSA) is 49.8 Å². The van der Waals surface area contributed by atoms with Crippen molar-refractivity contribution in [2.24, 2.45) is 0 Å². The van der Waals surface area contributed by atoms with Crippen molar-refractivity contribution in [3.63, 3.8) is 0 Å². The molecule has 1 heterocycles. The molecule has 4 nitrogen and oxygen atoms in total. The van der Waals surface area contributed by atoms with Crippen molar-refractivity contribution in [2.75, 3.05) is 17.7 Å². The number of aromatic nitrogens is 2. The molecule has 112 valence electrons. The van der Waals surface area contributed by atoms with E-state index >= 15 is 0 Å². The van der Waals surface area contributed by atoms with Crippen molar-refractivity contribution in [3.05, 3.63) is 46.7 Å². The van der Waals surface area contributed by atoms with Gasteiger partial charge in [0.25, 0.3) is 0 Å². The Hall–Kier alpha value is -1.81. The zero-order valence-electron chi connectivity index (χ0n) is 12.8. The van der Waals surface area contributed by atoms with Crippen LogP contribution in [0.1, 0.15) is 44.1 Å². The summed E-state index contributed by atoms with van der Waals surface area (Å²) in [5.74, 6) is 2.75. The van der Waals surface area contributed by atoms with Crippen molar-refractivity contribution < 1.29 is 0 Å². The van der Waals surface area contributed by atoms with Crippen LogP contribution in [-0.4, -0.2) is 17.0 Å². The van der Waals surface area contributed by atoms with E-state index in [1.54, 1.807) is 0 Å². The van der Waals surface area contributed by atoms with E-state index in [0.29, 0.717) is 0 Å². The van der Waals surface area contributed by atoms with Crippen LogP contribution in [-0.2, 0) is 0 Å². The first-order chi connectivity index (χ1) is 9.99. The van der Waals surface area contributed by atoms with Gasteiger partial charge in [-0.3, -0.25) is 0 Å². The molecule has 0 aliphatic carbocycles. The van der Waals surface area contributed by atoms with Gasteiger partial charge in [0.15, 0.2) is 0 Å². The Kier molecular flexibility index (Phi) is 5.02. The first-order valence-corrected chi connectivity index (χ1v) is 7.46. The van der Waals surface area contributed by atoms with Gasteiger partial charge in [-0.05, 0) is 24.6 Å².